The number of nitrogens with one attached hydrogen (secondary N) is 2. The number of amides is 2. The molecule has 1 saturated heterocycles. The molecule has 2 rings (SSSR count). The monoisotopic (exact) mass is 389 g/mol. The fourth-order valence-electron chi connectivity index (χ4n) is 2.69. The maximum Gasteiger partial charge on any atom is 0.267 e. The molecule has 1 aromatic heterocycles. The van der Waals surface area contributed by atoms with E-state index in [-0.39, 0.29) is 30.8 Å². The molecule has 140 valence electrons. The lowest BCUT2D eigenvalue weighted by atomic mass is 10.0. The van der Waals surface area contributed by atoms with Gasteiger partial charge in [-0.1, -0.05) is 17.3 Å². The second-order valence-corrected chi connectivity index (χ2v) is 8.68. The topological polar surface area (TPSA) is 121 Å². The van der Waals surface area contributed by atoms with Crippen LogP contribution in [0.3, 0.4) is 0 Å². The van der Waals surface area contributed by atoms with Crippen molar-refractivity contribution < 1.29 is 18.0 Å². The largest absolute Gasteiger partial charge is 0.352 e. The van der Waals surface area contributed by atoms with Crippen molar-refractivity contribution in [1.29, 1.82) is 0 Å². The fraction of sp³-hybridized carbons (Fsp3) is 0.714. The summed E-state index contributed by atoms with van der Waals surface area (Å²) in [6.45, 7) is 1.13. The van der Waals surface area contributed by atoms with E-state index in [2.05, 4.69) is 19.6 Å². The van der Waals surface area contributed by atoms with Crippen LogP contribution >= 0.6 is 11.5 Å². The molecule has 0 radical (unpaired) electrons. The summed E-state index contributed by atoms with van der Waals surface area (Å²) < 4.78 is 28.1. The van der Waals surface area contributed by atoms with Gasteiger partial charge in [-0.05, 0) is 24.4 Å². The Hall–Kier alpha value is -1.59. The average Bonchev–Trinajstić information content (AvgIpc) is 3.02. The van der Waals surface area contributed by atoms with E-state index in [0.717, 1.165) is 43.5 Å². The van der Waals surface area contributed by atoms with Crippen LogP contribution in [0.5, 0.6) is 0 Å². The van der Waals surface area contributed by atoms with Crippen molar-refractivity contribution in [2.45, 2.75) is 38.1 Å². The van der Waals surface area contributed by atoms with Crippen LogP contribution in [0, 0.1) is 0 Å². The Morgan fingerprint density at radius 2 is 2.16 bits per heavy atom. The predicted octanol–water partition coefficient (Wildman–Crippen LogP) is -0.0216. The van der Waals surface area contributed by atoms with Crippen LogP contribution in [0.2, 0.25) is 0 Å². The third-order valence-corrected chi connectivity index (χ3v) is 5.24. The Balaban J connectivity index is 1.89. The zero-order chi connectivity index (χ0) is 18.3. The Bertz CT molecular complexity index is 677. The molecule has 1 aliphatic heterocycles. The number of sulfonamides is 1. The van der Waals surface area contributed by atoms with E-state index < -0.39 is 10.0 Å². The number of carbonyl (C=O) groups is 2. The van der Waals surface area contributed by atoms with Gasteiger partial charge in [0.2, 0.25) is 15.9 Å². The molecule has 11 heteroatoms. The summed E-state index contributed by atoms with van der Waals surface area (Å²) in [5.41, 5.74) is 0. The summed E-state index contributed by atoms with van der Waals surface area (Å²) in [7, 11) is -3.30. The normalized spacial score (nSPS) is 19.1. The second kappa shape index (κ2) is 9.20. The minimum Gasteiger partial charge on any atom is -0.352 e. The van der Waals surface area contributed by atoms with E-state index in [1.54, 1.807) is 4.90 Å². The first-order valence-corrected chi connectivity index (χ1v) is 10.8. The first-order valence-electron chi connectivity index (χ1n) is 8.16. The molecule has 0 bridgehead atoms. The van der Waals surface area contributed by atoms with Crippen molar-refractivity contribution >= 4 is 33.4 Å². The van der Waals surface area contributed by atoms with Gasteiger partial charge in [0.1, 0.15) is 4.88 Å². The second-order valence-electron chi connectivity index (χ2n) is 6.06. The van der Waals surface area contributed by atoms with Crippen LogP contribution < -0.4 is 10.0 Å². The van der Waals surface area contributed by atoms with Gasteiger partial charge in [0.15, 0.2) is 0 Å². The zero-order valence-corrected chi connectivity index (χ0v) is 15.7. The fourth-order valence-corrected chi connectivity index (χ4v) is 3.64. The number of likely N-dealkylation sites (tertiary alicyclic amines) is 1. The van der Waals surface area contributed by atoms with E-state index in [1.807, 2.05) is 0 Å². The molecule has 0 aromatic carbocycles. The quantitative estimate of drug-likeness (QED) is 0.705. The molecule has 25 heavy (non-hydrogen) atoms. The van der Waals surface area contributed by atoms with Gasteiger partial charge in [-0.15, -0.1) is 5.10 Å². The van der Waals surface area contributed by atoms with E-state index in [0.29, 0.717) is 18.0 Å². The summed E-state index contributed by atoms with van der Waals surface area (Å²) in [6.07, 6.45) is 6.26. The number of carbonyl (C=O) groups excluding carboxylic acids is 2. The highest BCUT2D eigenvalue weighted by molar-refractivity contribution is 7.88. The molecule has 2 N–H and O–H groups in total. The van der Waals surface area contributed by atoms with Gasteiger partial charge in [-0.3, -0.25) is 9.59 Å². The van der Waals surface area contributed by atoms with Gasteiger partial charge in [0.25, 0.3) is 5.91 Å². The van der Waals surface area contributed by atoms with Crippen LogP contribution in [0.4, 0.5) is 0 Å². The van der Waals surface area contributed by atoms with Gasteiger partial charge in [-0.2, -0.15) is 0 Å². The maximum atomic E-state index is 12.5. The Morgan fingerprint density at radius 1 is 1.36 bits per heavy atom. The predicted molar refractivity (Wildman–Crippen MR) is 93.7 cm³/mol. The van der Waals surface area contributed by atoms with E-state index in [1.165, 1.54) is 6.20 Å². The summed E-state index contributed by atoms with van der Waals surface area (Å²) in [6, 6.07) is -0.143. The summed E-state index contributed by atoms with van der Waals surface area (Å²) in [5, 5.41) is 6.60. The lowest BCUT2D eigenvalue weighted by molar-refractivity contribution is -0.121. The molecule has 1 unspecified atom stereocenters. The lowest BCUT2D eigenvalue weighted by Crippen LogP contribution is -2.47. The van der Waals surface area contributed by atoms with Crippen molar-refractivity contribution in [2.75, 3.05) is 25.9 Å². The highest BCUT2D eigenvalue weighted by Crippen LogP contribution is 2.15. The number of nitrogens with zero attached hydrogens (tertiary/aromatic N) is 3. The van der Waals surface area contributed by atoms with Gasteiger partial charge in [-0.25, -0.2) is 13.1 Å². The highest BCUT2D eigenvalue weighted by atomic mass is 32.2. The molecular weight excluding hydrogens is 366 g/mol. The highest BCUT2D eigenvalue weighted by Gasteiger charge is 2.24. The minimum absolute atomic E-state index is 0.0621. The van der Waals surface area contributed by atoms with E-state index in [9.17, 15) is 18.0 Å². The van der Waals surface area contributed by atoms with Gasteiger partial charge in [0, 0.05) is 32.1 Å². The third-order valence-electron chi connectivity index (χ3n) is 3.86. The lowest BCUT2D eigenvalue weighted by Gasteiger charge is -2.30. The zero-order valence-electron chi connectivity index (χ0n) is 14.1. The summed E-state index contributed by atoms with van der Waals surface area (Å²) >= 11 is 1.06. The smallest absolute Gasteiger partial charge is 0.267 e. The van der Waals surface area contributed by atoms with Crippen LogP contribution in [-0.4, -0.2) is 66.7 Å². The number of hydrogen-bond acceptors (Lipinski definition) is 7. The third kappa shape index (κ3) is 7.04. The first-order chi connectivity index (χ1) is 11.8. The molecule has 0 aliphatic carbocycles. The minimum atomic E-state index is -3.30. The van der Waals surface area contributed by atoms with Crippen LogP contribution in [-0.2, 0) is 14.8 Å². The summed E-state index contributed by atoms with van der Waals surface area (Å²) in [4.78, 5) is 26.8. The van der Waals surface area contributed by atoms with Crippen LogP contribution in [0.15, 0.2) is 6.20 Å². The molecule has 2 heterocycles. The molecule has 0 spiro atoms. The molecule has 2 amide bonds. The van der Waals surface area contributed by atoms with Gasteiger partial charge < -0.3 is 10.2 Å². The van der Waals surface area contributed by atoms with Gasteiger partial charge >= 0.3 is 0 Å². The molecule has 9 nitrogen and oxygen atoms in total. The van der Waals surface area contributed by atoms with Crippen molar-refractivity contribution in [3.63, 3.8) is 0 Å². The molecular formula is C14H23N5O4S2. The Labute approximate surface area is 151 Å². The van der Waals surface area contributed by atoms with Crippen LogP contribution in [0.25, 0.3) is 0 Å². The molecule has 1 aliphatic rings. The number of hydrogen-bond donors (Lipinski definition) is 2. The van der Waals surface area contributed by atoms with E-state index in [4.69, 9.17) is 0 Å². The standard InChI is InChI=1S/C14H23N5O4S2/c1-25(22,23)16-7-6-13(20)17-11-5-3-2-4-8-19(10-11)14(21)12-9-15-18-24-12/h9,11,16H,2-8,10H2,1H3,(H,17,20). The molecule has 0 saturated carbocycles. The molecule has 1 atom stereocenters. The number of rotatable bonds is 6. The van der Waals surface area contributed by atoms with Crippen molar-refractivity contribution in [1.82, 2.24) is 24.5 Å². The van der Waals surface area contributed by atoms with Crippen molar-refractivity contribution in [3.05, 3.63) is 11.1 Å². The number of aromatic nitrogens is 2. The van der Waals surface area contributed by atoms with Crippen molar-refractivity contribution in [2.24, 2.45) is 0 Å². The molecule has 1 aromatic rings. The van der Waals surface area contributed by atoms with Crippen molar-refractivity contribution in [3.8, 4) is 0 Å². The van der Waals surface area contributed by atoms with E-state index >= 15 is 0 Å². The Kier molecular flexibility index (Phi) is 7.26. The average molecular weight is 390 g/mol. The maximum absolute atomic E-state index is 12.5. The van der Waals surface area contributed by atoms with Gasteiger partial charge in [0.05, 0.1) is 12.5 Å². The molecule has 1 fully saturated rings. The first kappa shape index (κ1) is 19.7. The Morgan fingerprint density at radius 3 is 2.84 bits per heavy atom. The SMILES string of the molecule is CS(=O)(=O)NCCC(=O)NC1CCCCCN(C(=O)c2cnns2)C1. The summed E-state index contributed by atoms with van der Waals surface area (Å²) in [5.74, 6) is -0.344. The van der Waals surface area contributed by atoms with Crippen LogP contribution in [0.1, 0.15) is 41.8 Å².